The largest absolute Gasteiger partial charge is 0.456 e. The highest BCUT2D eigenvalue weighted by Crippen LogP contribution is 2.22. The second-order valence-corrected chi connectivity index (χ2v) is 9.46. The molecule has 1 saturated heterocycles. The van der Waals surface area contributed by atoms with Crippen LogP contribution < -0.4 is 5.32 Å². The minimum absolute atomic E-state index is 0.198. The summed E-state index contributed by atoms with van der Waals surface area (Å²) in [6.45, 7) is 0.731. The molecule has 0 aromatic heterocycles. The van der Waals surface area contributed by atoms with Gasteiger partial charge in [-0.25, -0.2) is 8.42 Å². The fourth-order valence-corrected chi connectivity index (χ4v) is 5.14. The number of hydrogen-bond acceptors (Lipinski definition) is 5. The van der Waals surface area contributed by atoms with Crippen LogP contribution in [0.2, 0.25) is 0 Å². The predicted octanol–water partition coefficient (Wildman–Crippen LogP) is 3.09. The summed E-state index contributed by atoms with van der Waals surface area (Å²) in [5.41, 5.74) is 0.458. The van der Waals surface area contributed by atoms with Crippen LogP contribution in [0, 0.1) is 5.92 Å². The van der Waals surface area contributed by atoms with E-state index in [4.69, 9.17) is 4.74 Å². The number of nitrogens with zero attached hydrogens (tertiary/aromatic N) is 1. The van der Waals surface area contributed by atoms with E-state index < -0.39 is 21.9 Å². The molecule has 2 aliphatic rings. The molecule has 0 unspecified atom stereocenters. The van der Waals surface area contributed by atoms with Crippen molar-refractivity contribution in [2.75, 3.05) is 25.0 Å². The number of rotatable bonds is 7. The molecule has 3 rings (SSSR count). The lowest BCUT2D eigenvalue weighted by atomic mass is 10.1. The Hall–Kier alpha value is -2.19. The lowest BCUT2D eigenvalue weighted by Crippen LogP contribution is -2.31. The lowest BCUT2D eigenvalue weighted by molar-refractivity contribution is -0.147. The minimum atomic E-state index is -3.52. The molecule has 29 heavy (non-hydrogen) atoms. The van der Waals surface area contributed by atoms with Gasteiger partial charge in [-0.1, -0.05) is 25.0 Å². The normalized spacial score (nSPS) is 20.2. The van der Waals surface area contributed by atoms with Crippen LogP contribution in [-0.4, -0.2) is 44.3 Å². The molecule has 1 atom stereocenters. The maximum Gasteiger partial charge on any atom is 0.306 e. The number of hydrogen-bond donors (Lipinski definition) is 1. The van der Waals surface area contributed by atoms with Gasteiger partial charge in [0.25, 0.3) is 5.91 Å². The number of benzene rings is 1. The molecule has 0 radical (unpaired) electrons. The smallest absolute Gasteiger partial charge is 0.306 e. The molecule has 1 N–H and O–H groups in total. The molecular weight excluding hydrogens is 392 g/mol. The summed E-state index contributed by atoms with van der Waals surface area (Å²) in [4.78, 5) is 24.0. The van der Waals surface area contributed by atoms with E-state index in [0.29, 0.717) is 18.8 Å². The fourth-order valence-electron chi connectivity index (χ4n) is 3.62. The molecule has 1 aromatic rings. The van der Waals surface area contributed by atoms with Gasteiger partial charge in [-0.05, 0) is 55.9 Å². The van der Waals surface area contributed by atoms with E-state index in [9.17, 15) is 18.0 Å². The van der Waals surface area contributed by atoms with E-state index in [1.807, 2.05) is 12.2 Å². The molecule has 1 fully saturated rings. The summed E-state index contributed by atoms with van der Waals surface area (Å²) in [7, 11) is -3.52. The highest BCUT2D eigenvalue weighted by Gasteiger charge is 2.25. The first-order valence-electron chi connectivity index (χ1n) is 10.2. The van der Waals surface area contributed by atoms with E-state index in [-0.39, 0.29) is 23.8 Å². The number of ether oxygens (including phenoxy) is 1. The van der Waals surface area contributed by atoms with Gasteiger partial charge in [-0.2, -0.15) is 4.31 Å². The zero-order valence-corrected chi connectivity index (χ0v) is 17.3. The Balaban J connectivity index is 1.49. The van der Waals surface area contributed by atoms with Gasteiger partial charge in [0.2, 0.25) is 10.0 Å². The molecule has 1 amide bonds. The third-order valence-corrected chi connectivity index (χ3v) is 7.16. The Bertz CT molecular complexity index is 840. The first-order valence-corrected chi connectivity index (χ1v) is 11.6. The summed E-state index contributed by atoms with van der Waals surface area (Å²) in [5, 5.41) is 2.62. The SMILES string of the molecule is O=C(COC(=O)C[C@H]1C=CCC1)Nc1ccc(S(=O)(=O)N2CCCCCC2)cc1. The van der Waals surface area contributed by atoms with Crippen molar-refractivity contribution in [3.63, 3.8) is 0 Å². The molecule has 0 spiro atoms. The summed E-state index contributed by atoms with van der Waals surface area (Å²) >= 11 is 0. The lowest BCUT2D eigenvalue weighted by Gasteiger charge is -2.20. The average molecular weight is 421 g/mol. The van der Waals surface area contributed by atoms with Gasteiger partial charge in [-0.3, -0.25) is 9.59 Å². The van der Waals surface area contributed by atoms with E-state index in [0.717, 1.165) is 38.5 Å². The van der Waals surface area contributed by atoms with Crippen LogP contribution >= 0.6 is 0 Å². The van der Waals surface area contributed by atoms with Crippen molar-refractivity contribution in [3.8, 4) is 0 Å². The number of nitrogens with one attached hydrogen (secondary N) is 1. The maximum absolute atomic E-state index is 12.8. The molecule has 1 heterocycles. The average Bonchev–Trinajstić information content (AvgIpc) is 3.05. The molecule has 7 nitrogen and oxygen atoms in total. The number of sulfonamides is 1. The second-order valence-electron chi connectivity index (χ2n) is 7.52. The van der Waals surface area contributed by atoms with E-state index in [1.165, 1.54) is 16.4 Å². The zero-order valence-electron chi connectivity index (χ0n) is 16.5. The topological polar surface area (TPSA) is 92.8 Å². The number of amides is 1. The number of carbonyl (C=O) groups excluding carboxylic acids is 2. The summed E-state index contributed by atoms with van der Waals surface area (Å²) in [6.07, 6.45) is 10.1. The third-order valence-electron chi connectivity index (χ3n) is 5.25. The number of allylic oxidation sites excluding steroid dienone is 2. The van der Waals surface area contributed by atoms with Crippen LogP contribution in [-0.2, 0) is 24.3 Å². The second kappa shape index (κ2) is 10.0. The molecule has 0 saturated carbocycles. The molecule has 8 heteroatoms. The Labute approximate surface area is 172 Å². The molecule has 1 aromatic carbocycles. The first kappa shape index (κ1) is 21.5. The Morgan fingerprint density at radius 1 is 1.07 bits per heavy atom. The van der Waals surface area contributed by atoms with Gasteiger partial charge >= 0.3 is 5.97 Å². The highest BCUT2D eigenvalue weighted by atomic mass is 32.2. The van der Waals surface area contributed by atoms with Crippen molar-refractivity contribution in [1.82, 2.24) is 4.31 Å². The number of carbonyl (C=O) groups is 2. The van der Waals surface area contributed by atoms with Crippen LogP contribution in [0.1, 0.15) is 44.9 Å². The van der Waals surface area contributed by atoms with Crippen LogP contribution in [0.4, 0.5) is 5.69 Å². The van der Waals surface area contributed by atoms with Gasteiger partial charge in [-0.15, -0.1) is 0 Å². The number of esters is 1. The Morgan fingerprint density at radius 2 is 1.76 bits per heavy atom. The Kier molecular flexibility index (Phi) is 7.44. The summed E-state index contributed by atoms with van der Waals surface area (Å²) in [5.74, 6) is -0.650. The molecule has 1 aliphatic carbocycles. The zero-order chi connectivity index (χ0) is 20.7. The summed E-state index contributed by atoms with van der Waals surface area (Å²) < 4.78 is 32.1. The summed E-state index contributed by atoms with van der Waals surface area (Å²) in [6, 6.07) is 6.09. The third kappa shape index (κ3) is 6.14. The number of anilines is 1. The van der Waals surface area contributed by atoms with E-state index >= 15 is 0 Å². The fraction of sp³-hybridized carbons (Fsp3) is 0.524. The molecular formula is C21H28N2O5S. The van der Waals surface area contributed by atoms with Crippen LogP contribution in [0.3, 0.4) is 0 Å². The van der Waals surface area contributed by atoms with Crippen molar-refractivity contribution in [2.24, 2.45) is 5.92 Å². The Morgan fingerprint density at radius 3 is 2.38 bits per heavy atom. The van der Waals surface area contributed by atoms with Crippen LogP contribution in [0.25, 0.3) is 0 Å². The highest BCUT2D eigenvalue weighted by molar-refractivity contribution is 7.89. The standard InChI is InChI=1S/C21H28N2O5S/c24-20(16-28-21(25)15-17-7-3-4-8-17)22-18-9-11-19(12-10-18)29(26,27)23-13-5-1-2-6-14-23/h3,7,9-12,17H,1-2,4-6,8,13-16H2,(H,22,24)/t17-/m0/s1. The van der Waals surface area contributed by atoms with Crippen molar-refractivity contribution in [1.29, 1.82) is 0 Å². The van der Waals surface area contributed by atoms with Crippen LogP contribution in [0.5, 0.6) is 0 Å². The minimum Gasteiger partial charge on any atom is -0.456 e. The van der Waals surface area contributed by atoms with Crippen molar-refractivity contribution >= 4 is 27.6 Å². The quantitative estimate of drug-likeness (QED) is 0.540. The van der Waals surface area contributed by atoms with Crippen molar-refractivity contribution < 1.29 is 22.7 Å². The van der Waals surface area contributed by atoms with Gasteiger partial charge < -0.3 is 10.1 Å². The van der Waals surface area contributed by atoms with Gasteiger partial charge in [0.1, 0.15) is 0 Å². The van der Waals surface area contributed by atoms with Crippen molar-refractivity contribution in [2.45, 2.75) is 49.8 Å². The maximum atomic E-state index is 12.8. The monoisotopic (exact) mass is 420 g/mol. The molecule has 1 aliphatic heterocycles. The molecule has 0 bridgehead atoms. The van der Waals surface area contributed by atoms with E-state index in [2.05, 4.69) is 5.32 Å². The van der Waals surface area contributed by atoms with Crippen LogP contribution in [0.15, 0.2) is 41.3 Å². The predicted molar refractivity (Wildman–Crippen MR) is 110 cm³/mol. The molecule has 158 valence electrons. The van der Waals surface area contributed by atoms with Gasteiger partial charge in [0, 0.05) is 18.8 Å². The van der Waals surface area contributed by atoms with Gasteiger partial charge in [0.05, 0.1) is 11.3 Å². The first-order chi connectivity index (χ1) is 13.9. The van der Waals surface area contributed by atoms with E-state index in [1.54, 1.807) is 12.1 Å². The van der Waals surface area contributed by atoms with Gasteiger partial charge in [0.15, 0.2) is 6.61 Å². The van der Waals surface area contributed by atoms with Crippen molar-refractivity contribution in [3.05, 3.63) is 36.4 Å².